The van der Waals surface area contributed by atoms with Crippen molar-refractivity contribution >= 4 is 40.8 Å². The van der Waals surface area contributed by atoms with Gasteiger partial charge < -0.3 is 4.42 Å². The van der Waals surface area contributed by atoms with E-state index in [9.17, 15) is 14.9 Å². The largest absolute Gasteiger partial charge is 0.443 e. The van der Waals surface area contributed by atoms with Gasteiger partial charge in [-0.3, -0.25) is 14.9 Å². The van der Waals surface area contributed by atoms with E-state index in [0.717, 1.165) is 0 Å². The molecule has 112 valence electrons. The Labute approximate surface area is 136 Å². The van der Waals surface area contributed by atoms with Crippen LogP contribution in [0.25, 0.3) is 0 Å². The molecule has 2 rings (SSSR count). The number of nitrogens with zero attached hydrogens (tertiary/aromatic N) is 1. The Balaban J connectivity index is 2.41. The first-order chi connectivity index (χ1) is 10.3. The van der Waals surface area contributed by atoms with Gasteiger partial charge in [0.2, 0.25) is 5.88 Å². The zero-order valence-electron chi connectivity index (χ0n) is 11.7. The summed E-state index contributed by atoms with van der Waals surface area (Å²) >= 11 is 11.8. The van der Waals surface area contributed by atoms with Gasteiger partial charge in [0.05, 0.1) is 16.1 Å². The number of halogens is 2. The molecule has 0 spiro atoms. The minimum atomic E-state index is -0.590. The number of benzene rings is 1. The Hall–Kier alpha value is -2.29. The molecule has 0 unspecified atom stereocenters. The molecule has 7 heteroatoms. The topological polar surface area (TPSA) is 83.1 Å². The molecule has 0 atom stereocenters. The summed E-state index contributed by atoms with van der Waals surface area (Å²) in [5.74, 6) is -0.741. The monoisotopic (exact) mass is 336 g/mol. The fourth-order valence-corrected chi connectivity index (χ4v) is 2.38. The molecule has 22 heavy (non-hydrogen) atoms. The van der Waals surface area contributed by atoms with Crippen molar-refractivity contribution in [3.8, 4) is 6.07 Å². The summed E-state index contributed by atoms with van der Waals surface area (Å²) in [4.78, 5) is 23.8. The number of furan rings is 1. The number of amides is 1. The fraction of sp³-hybridized carbons (Fsp3) is 0.133. The van der Waals surface area contributed by atoms with Gasteiger partial charge in [-0.05, 0) is 32.0 Å². The van der Waals surface area contributed by atoms with Gasteiger partial charge in [0.1, 0.15) is 17.4 Å². The van der Waals surface area contributed by atoms with Crippen molar-refractivity contribution in [2.45, 2.75) is 13.8 Å². The van der Waals surface area contributed by atoms with E-state index >= 15 is 0 Å². The number of nitrogens with one attached hydrogen (secondary N) is 1. The third-order valence-electron chi connectivity index (χ3n) is 2.95. The molecule has 1 aromatic carbocycles. The van der Waals surface area contributed by atoms with Crippen LogP contribution >= 0.6 is 23.2 Å². The average Bonchev–Trinajstić information content (AvgIpc) is 2.76. The zero-order valence-corrected chi connectivity index (χ0v) is 13.2. The van der Waals surface area contributed by atoms with Crippen LogP contribution in [0.4, 0.5) is 5.88 Å². The second-order valence-electron chi connectivity index (χ2n) is 4.48. The van der Waals surface area contributed by atoms with E-state index in [2.05, 4.69) is 5.32 Å². The maximum Gasteiger partial charge on any atom is 0.259 e. The van der Waals surface area contributed by atoms with E-state index in [1.807, 2.05) is 6.07 Å². The molecule has 0 aliphatic rings. The van der Waals surface area contributed by atoms with Gasteiger partial charge in [-0.25, -0.2) is 0 Å². The number of rotatable bonds is 3. The lowest BCUT2D eigenvalue weighted by molar-refractivity contribution is 0.101. The van der Waals surface area contributed by atoms with E-state index in [4.69, 9.17) is 27.6 Å². The molecular weight excluding hydrogens is 327 g/mol. The molecule has 1 amide bonds. The van der Waals surface area contributed by atoms with E-state index in [-0.39, 0.29) is 39.1 Å². The first-order valence-electron chi connectivity index (χ1n) is 6.16. The molecule has 2 aromatic rings. The Kier molecular flexibility index (Phi) is 4.55. The molecule has 0 aliphatic carbocycles. The molecular formula is C15H10Cl2N2O3. The normalized spacial score (nSPS) is 10.1. The quantitative estimate of drug-likeness (QED) is 0.850. The van der Waals surface area contributed by atoms with Crippen molar-refractivity contribution in [1.29, 1.82) is 5.26 Å². The maximum absolute atomic E-state index is 12.2. The highest BCUT2D eigenvalue weighted by Gasteiger charge is 2.23. The predicted octanol–water partition coefficient (Wildman–Crippen LogP) is 4.22. The number of Topliss-reactive ketones (excluding diaryl/α,β-unsaturated/α-hetero) is 1. The Morgan fingerprint density at radius 3 is 2.59 bits per heavy atom. The number of aryl methyl sites for hydroxylation is 1. The number of hydrogen-bond acceptors (Lipinski definition) is 4. The first kappa shape index (κ1) is 16.1. The summed E-state index contributed by atoms with van der Waals surface area (Å²) in [5.41, 5.74) is 0.267. The number of nitriles is 1. The van der Waals surface area contributed by atoms with Gasteiger partial charge in [0.25, 0.3) is 5.91 Å². The Bertz CT molecular complexity index is 819. The summed E-state index contributed by atoms with van der Waals surface area (Å²) < 4.78 is 5.31. The molecule has 0 radical (unpaired) electrons. The van der Waals surface area contributed by atoms with Crippen LogP contribution in [0.15, 0.2) is 22.6 Å². The summed E-state index contributed by atoms with van der Waals surface area (Å²) in [5, 5.41) is 12.2. The van der Waals surface area contributed by atoms with Crippen LogP contribution in [-0.4, -0.2) is 11.7 Å². The molecule has 1 aromatic heterocycles. The SMILES string of the molecule is CC(=O)c1c(C)oc(NC(=O)c2cc(Cl)ccc2Cl)c1C#N. The molecule has 0 aliphatic heterocycles. The van der Waals surface area contributed by atoms with Crippen molar-refractivity contribution in [3.05, 3.63) is 50.7 Å². The molecule has 0 saturated heterocycles. The van der Waals surface area contributed by atoms with Crippen LogP contribution in [0.3, 0.4) is 0 Å². The van der Waals surface area contributed by atoms with Gasteiger partial charge >= 0.3 is 0 Å². The van der Waals surface area contributed by atoms with Crippen LogP contribution in [0.2, 0.25) is 10.0 Å². The second kappa shape index (κ2) is 6.22. The number of hydrogen-bond donors (Lipinski definition) is 1. The van der Waals surface area contributed by atoms with Crippen molar-refractivity contribution < 1.29 is 14.0 Å². The van der Waals surface area contributed by atoms with Crippen LogP contribution in [0, 0.1) is 18.3 Å². The van der Waals surface area contributed by atoms with E-state index < -0.39 is 5.91 Å². The number of anilines is 1. The number of carbonyl (C=O) groups excluding carboxylic acids is 2. The Morgan fingerprint density at radius 2 is 2.00 bits per heavy atom. The van der Waals surface area contributed by atoms with Crippen molar-refractivity contribution in [2.24, 2.45) is 0 Å². The van der Waals surface area contributed by atoms with Crippen LogP contribution in [0.5, 0.6) is 0 Å². The van der Waals surface area contributed by atoms with Crippen LogP contribution < -0.4 is 5.32 Å². The molecule has 5 nitrogen and oxygen atoms in total. The predicted molar refractivity (Wildman–Crippen MR) is 82.6 cm³/mol. The highest BCUT2D eigenvalue weighted by Crippen LogP contribution is 2.28. The van der Waals surface area contributed by atoms with Gasteiger partial charge in [-0.2, -0.15) is 5.26 Å². The lowest BCUT2D eigenvalue weighted by Gasteiger charge is -2.05. The highest BCUT2D eigenvalue weighted by molar-refractivity contribution is 6.36. The van der Waals surface area contributed by atoms with Gasteiger partial charge in [-0.1, -0.05) is 23.2 Å². The summed E-state index contributed by atoms with van der Waals surface area (Å²) in [7, 11) is 0. The van der Waals surface area contributed by atoms with Gasteiger partial charge in [0.15, 0.2) is 5.78 Å². The third kappa shape index (κ3) is 2.98. The van der Waals surface area contributed by atoms with Crippen molar-refractivity contribution in [3.63, 3.8) is 0 Å². The van der Waals surface area contributed by atoms with E-state index in [0.29, 0.717) is 5.02 Å². The van der Waals surface area contributed by atoms with Gasteiger partial charge in [0, 0.05) is 5.02 Å². The summed E-state index contributed by atoms with van der Waals surface area (Å²) in [6, 6.07) is 6.29. The molecule has 0 saturated carbocycles. The van der Waals surface area contributed by atoms with E-state index in [1.54, 1.807) is 13.0 Å². The lowest BCUT2D eigenvalue weighted by atomic mass is 10.1. The highest BCUT2D eigenvalue weighted by atomic mass is 35.5. The Morgan fingerprint density at radius 1 is 1.32 bits per heavy atom. The van der Waals surface area contributed by atoms with Crippen molar-refractivity contribution in [1.82, 2.24) is 0 Å². The van der Waals surface area contributed by atoms with E-state index in [1.165, 1.54) is 19.1 Å². The molecule has 1 heterocycles. The minimum absolute atomic E-state index is 0.0171. The first-order valence-corrected chi connectivity index (χ1v) is 6.91. The third-order valence-corrected chi connectivity index (χ3v) is 3.51. The van der Waals surface area contributed by atoms with Crippen LogP contribution in [0.1, 0.15) is 39.0 Å². The summed E-state index contributed by atoms with van der Waals surface area (Å²) in [6.07, 6.45) is 0. The molecule has 0 bridgehead atoms. The zero-order chi connectivity index (χ0) is 16.4. The molecule has 1 N–H and O–H groups in total. The standard InChI is InChI=1S/C15H10Cl2N2O3/c1-7(20)13-8(2)22-15(11(13)6-18)19-14(21)10-5-9(16)3-4-12(10)17/h3-5H,1-2H3,(H,19,21). The summed E-state index contributed by atoms with van der Waals surface area (Å²) in [6.45, 7) is 2.86. The molecule has 0 fully saturated rings. The lowest BCUT2D eigenvalue weighted by Crippen LogP contribution is -2.13. The fourth-order valence-electron chi connectivity index (χ4n) is 2.01. The maximum atomic E-state index is 12.2. The minimum Gasteiger partial charge on any atom is -0.443 e. The van der Waals surface area contributed by atoms with Crippen LogP contribution in [-0.2, 0) is 0 Å². The van der Waals surface area contributed by atoms with Gasteiger partial charge in [-0.15, -0.1) is 0 Å². The smallest absolute Gasteiger partial charge is 0.259 e. The van der Waals surface area contributed by atoms with Crippen molar-refractivity contribution in [2.75, 3.05) is 5.32 Å². The second-order valence-corrected chi connectivity index (χ2v) is 5.33. The number of ketones is 1. The number of carbonyl (C=O) groups is 2. The average molecular weight is 337 g/mol.